The molecule has 0 unspecified atom stereocenters. The van der Waals surface area contributed by atoms with Gasteiger partial charge in [-0.2, -0.15) is 0 Å². The van der Waals surface area contributed by atoms with E-state index in [2.05, 4.69) is 4.98 Å². The molecule has 74 valence electrons. The molecular weight excluding hydrogens is 182 g/mol. The number of hydrogen-bond acceptors (Lipinski definition) is 4. The first kappa shape index (κ1) is 8.99. The average molecular weight is 193 g/mol. The summed E-state index contributed by atoms with van der Waals surface area (Å²) in [6.07, 6.45) is 4.64. The van der Waals surface area contributed by atoms with Crippen LogP contribution in [-0.4, -0.2) is 24.5 Å². The number of carbonyl (C=O) groups excluding carboxylic acids is 1. The molecule has 1 aromatic rings. The third kappa shape index (κ3) is 1.69. The highest BCUT2D eigenvalue weighted by Gasteiger charge is 2.25. The number of methoxy groups -OCH3 is 1. The van der Waals surface area contributed by atoms with Crippen LogP contribution in [-0.2, 0) is 0 Å². The van der Waals surface area contributed by atoms with E-state index in [1.54, 1.807) is 12.3 Å². The van der Waals surface area contributed by atoms with Crippen molar-refractivity contribution >= 4 is 6.29 Å². The number of nitrogens with zero attached hydrogens (tertiary/aromatic N) is 1. The number of pyridine rings is 1. The normalized spacial score (nSPS) is 14.9. The predicted molar refractivity (Wildman–Crippen MR) is 49.8 cm³/mol. The Balaban J connectivity index is 2.30. The van der Waals surface area contributed by atoms with Crippen LogP contribution in [0.15, 0.2) is 12.3 Å². The van der Waals surface area contributed by atoms with Crippen molar-refractivity contribution in [2.24, 2.45) is 0 Å². The standard InChI is InChI=1S/C10H11NO3/c1-13-10-8(6-12)11-5-4-9(10)14-7-2-3-7/h4-7H,2-3H2,1H3. The van der Waals surface area contributed by atoms with Gasteiger partial charge in [0.05, 0.1) is 13.2 Å². The summed E-state index contributed by atoms with van der Waals surface area (Å²) >= 11 is 0. The lowest BCUT2D eigenvalue weighted by atomic mass is 10.3. The molecule has 1 heterocycles. The topological polar surface area (TPSA) is 48.4 Å². The van der Waals surface area contributed by atoms with Gasteiger partial charge < -0.3 is 9.47 Å². The lowest BCUT2D eigenvalue weighted by Crippen LogP contribution is -2.01. The van der Waals surface area contributed by atoms with E-state index in [0.717, 1.165) is 12.8 Å². The molecule has 1 saturated carbocycles. The summed E-state index contributed by atoms with van der Waals surface area (Å²) < 4.78 is 10.6. The molecule has 14 heavy (non-hydrogen) atoms. The van der Waals surface area contributed by atoms with Gasteiger partial charge in [-0.3, -0.25) is 4.79 Å². The molecule has 1 fully saturated rings. The van der Waals surface area contributed by atoms with Crippen molar-refractivity contribution in [3.63, 3.8) is 0 Å². The van der Waals surface area contributed by atoms with Gasteiger partial charge >= 0.3 is 0 Å². The molecule has 2 rings (SSSR count). The summed E-state index contributed by atoms with van der Waals surface area (Å²) in [7, 11) is 1.50. The van der Waals surface area contributed by atoms with Gasteiger partial charge in [-0.1, -0.05) is 0 Å². The van der Waals surface area contributed by atoms with Crippen LogP contribution in [0.3, 0.4) is 0 Å². The third-order valence-corrected chi connectivity index (χ3v) is 2.03. The Morgan fingerprint density at radius 2 is 2.36 bits per heavy atom. The van der Waals surface area contributed by atoms with Crippen LogP contribution in [0, 0.1) is 0 Å². The zero-order chi connectivity index (χ0) is 9.97. The molecule has 1 aliphatic carbocycles. The molecule has 1 aromatic heterocycles. The Hall–Kier alpha value is -1.58. The number of aldehydes is 1. The van der Waals surface area contributed by atoms with Crippen LogP contribution in [0.1, 0.15) is 23.3 Å². The maximum atomic E-state index is 10.6. The minimum Gasteiger partial charge on any atom is -0.491 e. The van der Waals surface area contributed by atoms with Gasteiger partial charge in [0.1, 0.15) is 5.69 Å². The molecule has 4 heteroatoms. The fourth-order valence-corrected chi connectivity index (χ4v) is 1.19. The fraction of sp³-hybridized carbons (Fsp3) is 0.400. The predicted octanol–water partition coefficient (Wildman–Crippen LogP) is 1.44. The first-order valence-corrected chi connectivity index (χ1v) is 4.50. The van der Waals surface area contributed by atoms with Crippen molar-refractivity contribution in [1.82, 2.24) is 4.98 Å². The van der Waals surface area contributed by atoms with E-state index in [-0.39, 0.29) is 11.8 Å². The van der Waals surface area contributed by atoms with Crippen LogP contribution in [0.4, 0.5) is 0 Å². The summed E-state index contributed by atoms with van der Waals surface area (Å²) in [4.78, 5) is 14.5. The molecule has 0 spiro atoms. The van der Waals surface area contributed by atoms with E-state index in [9.17, 15) is 4.79 Å². The molecule has 0 bridgehead atoms. The van der Waals surface area contributed by atoms with Crippen molar-refractivity contribution in [3.05, 3.63) is 18.0 Å². The Labute approximate surface area is 81.9 Å². The fourth-order valence-electron chi connectivity index (χ4n) is 1.19. The van der Waals surface area contributed by atoms with Crippen molar-refractivity contribution in [1.29, 1.82) is 0 Å². The highest BCUT2D eigenvalue weighted by molar-refractivity contribution is 5.78. The summed E-state index contributed by atoms with van der Waals surface area (Å²) in [5.74, 6) is 1.03. The van der Waals surface area contributed by atoms with Crippen LogP contribution >= 0.6 is 0 Å². The Morgan fingerprint density at radius 1 is 1.57 bits per heavy atom. The first-order chi connectivity index (χ1) is 6.85. The van der Waals surface area contributed by atoms with Crippen LogP contribution in [0.2, 0.25) is 0 Å². The van der Waals surface area contributed by atoms with Gasteiger partial charge in [-0.15, -0.1) is 0 Å². The number of aromatic nitrogens is 1. The molecule has 1 aliphatic rings. The molecule has 4 nitrogen and oxygen atoms in total. The van der Waals surface area contributed by atoms with E-state index in [4.69, 9.17) is 9.47 Å². The molecule has 0 aromatic carbocycles. The second-order valence-electron chi connectivity index (χ2n) is 3.16. The zero-order valence-corrected chi connectivity index (χ0v) is 7.90. The van der Waals surface area contributed by atoms with Gasteiger partial charge in [0.25, 0.3) is 0 Å². The van der Waals surface area contributed by atoms with Crippen LogP contribution in [0.25, 0.3) is 0 Å². The largest absolute Gasteiger partial charge is 0.491 e. The Morgan fingerprint density at radius 3 is 2.93 bits per heavy atom. The van der Waals surface area contributed by atoms with Gasteiger partial charge in [0, 0.05) is 12.3 Å². The van der Waals surface area contributed by atoms with E-state index in [1.807, 2.05) is 0 Å². The second-order valence-corrected chi connectivity index (χ2v) is 3.16. The van der Waals surface area contributed by atoms with Gasteiger partial charge in [-0.05, 0) is 12.8 Å². The third-order valence-electron chi connectivity index (χ3n) is 2.03. The van der Waals surface area contributed by atoms with E-state index in [0.29, 0.717) is 17.8 Å². The second kappa shape index (κ2) is 3.65. The molecule has 0 saturated heterocycles. The van der Waals surface area contributed by atoms with Crippen LogP contribution in [0.5, 0.6) is 11.5 Å². The number of hydrogen-bond donors (Lipinski definition) is 0. The quantitative estimate of drug-likeness (QED) is 0.679. The van der Waals surface area contributed by atoms with Gasteiger partial charge in [0.2, 0.25) is 0 Å². The van der Waals surface area contributed by atoms with Crippen molar-refractivity contribution in [3.8, 4) is 11.5 Å². The lowest BCUT2D eigenvalue weighted by Gasteiger charge is -2.10. The molecule has 0 aliphatic heterocycles. The first-order valence-electron chi connectivity index (χ1n) is 4.50. The summed E-state index contributed by atoms with van der Waals surface area (Å²) in [6, 6.07) is 1.71. The average Bonchev–Trinajstić information content (AvgIpc) is 3.01. The number of carbonyl (C=O) groups is 1. The molecule has 0 N–H and O–H groups in total. The highest BCUT2D eigenvalue weighted by Crippen LogP contribution is 2.34. The van der Waals surface area contributed by atoms with E-state index < -0.39 is 0 Å². The lowest BCUT2D eigenvalue weighted by molar-refractivity contribution is 0.111. The van der Waals surface area contributed by atoms with Crippen molar-refractivity contribution in [2.45, 2.75) is 18.9 Å². The summed E-state index contributed by atoms with van der Waals surface area (Å²) in [6.45, 7) is 0. The number of rotatable bonds is 4. The van der Waals surface area contributed by atoms with E-state index >= 15 is 0 Å². The highest BCUT2D eigenvalue weighted by atomic mass is 16.5. The Bertz CT molecular complexity index is 347. The Kier molecular flexibility index (Phi) is 2.35. The van der Waals surface area contributed by atoms with Gasteiger partial charge in [-0.25, -0.2) is 4.98 Å². The monoisotopic (exact) mass is 193 g/mol. The SMILES string of the molecule is COc1c(OC2CC2)ccnc1C=O. The minimum atomic E-state index is 0.283. The maximum Gasteiger partial charge on any atom is 0.190 e. The van der Waals surface area contributed by atoms with Gasteiger partial charge in [0.15, 0.2) is 17.8 Å². The molecular formula is C10H11NO3. The van der Waals surface area contributed by atoms with Crippen molar-refractivity contribution in [2.75, 3.05) is 7.11 Å². The zero-order valence-electron chi connectivity index (χ0n) is 7.90. The summed E-state index contributed by atoms with van der Waals surface area (Å²) in [5, 5.41) is 0. The smallest absolute Gasteiger partial charge is 0.190 e. The van der Waals surface area contributed by atoms with E-state index in [1.165, 1.54) is 7.11 Å². The maximum absolute atomic E-state index is 10.6. The van der Waals surface area contributed by atoms with Crippen LogP contribution < -0.4 is 9.47 Å². The molecule has 0 amide bonds. The summed E-state index contributed by atoms with van der Waals surface area (Å²) in [5.41, 5.74) is 0.283. The molecule has 0 atom stereocenters. The number of ether oxygens (including phenoxy) is 2. The minimum absolute atomic E-state index is 0.283. The molecule has 0 radical (unpaired) electrons. The van der Waals surface area contributed by atoms with Crippen molar-refractivity contribution < 1.29 is 14.3 Å².